The van der Waals surface area contributed by atoms with Crippen LogP contribution in [0.15, 0.2) is 30.3 Å². The highest BCUT2D eigenvalue weighted by molar-refractivity contribution is 5.15. The van der Waals surface area contributed by atoms with Gasteiger partial charge in [-0.05, 0) is 24.9 Å². The van der Waals surface area contributed by atoms with E-state index in [2.05, 4.69) is 29.2 Å². The number of likely N-dealkylation sites (tertiary alicyclic amines) is 1. The molecule has 1 heterocycles. The van der Waals surface area contributed by atoms with Gasteiger partial charge in [0.15, 0.2) is 0 Å². The molecule has 88 valence electrons. The molecule has 3 nitrogen and oxygen atoms in total. The van der Waals surface area contributed by atoms with Crippen LogP contribution in [0.2, 0.25) is 0 Å². The van der Waals surface area contributed by atoms with Gasteiger partial charge in [-0.2, -0.15) is 0 Å². The molecule has 1 aliphatic rings. The van der Waals surface area contributed by atoms with Crippen molar-refractivity contribution in [2.24, 2.45) is 5.73 Å². The fourth-order valence-electron chi connectivity index (χ4n) is 2.46. The zero-order valence-electron chi connectivity index (χ0n) is 9.55. The van der Waals surface area contributed by atoms with E-state index in [1.807, 2.05) is 6.07 Å². The van der Waals surface area contributed by atoms with Gasteiger partial charge in [-0.25, -0.2) is 0 Å². The van der Waals surface area contributed by atoms with Crippen LogP contribution in [0, 0.1) is 0 Å². The SMILES string of the molecule is NCCC1C(O)CCN1Cc1ccccc1. The average Bonchev–Trinajstić information content (AvgIpc) is 2.64. The third kappa shape index (κ3) is 2.61. The Morgan fingerprint density at radius 3 is 2.75 bits per heavy atom. The largest absolute Gasteiger partial charge is 0.391 e. The van der Waals surface area contributed by atoms with Crippen molar-refractivity contribution in [2.75, 3.05) is 13.1 Å². The van der Waals surface area contributed by atoms with Crippen molar-refractivity contribution < 1.29 is 5.11 Å². The van der Waals surface area contributed by atoms with Crippen LogP contribution in [0.3, 0.4) is 0 Å². The molecule has 0 amide bonds. The molecule has 2 rings (SSSR count). The molecule has 2 unspecified atom stereocenters. The van der Waals surface area contributed by atoms with Crippen molar-refractivity contribution in [1.29, 1.82) is 0 Å². The molecule has 1 aromatic rings. The Hall–Kier alpha value is -0.900. The number of hydrogen-bond acceptors (Lipinski definition) is 3. The van der Waals surface area contributed by atoms with Gasteiger partial charge in [0, 0.05) is 19.1 Å². The van der Waals surface area contributed by atoms with Gasteiger partial charge in [-0.1, -0.05) is 30.3 Å². The molecule has 3 N–H and O–H groups in total. The molecule has 1 aromatic carbocycles. The molecule has 1 aliphatic heterocycles. The summed E-state index contributed by atoms with van der Waals surface area (Å²) in [5.41, 5.74) is 6.89. The van der Waals surface area contributed by atoms with Gasteiger partial charge < -0.3 is 10.8 Å². The zero-order chi connectivity index (χ0) is 11.4. The highest BCUT2D eigenvalue weighted by Crippen LogP contribution is 2.22. The fraction of sp³-hybridized carbons (Fsp3) is 0.538. The first-order chi connectivity index (χ1) is 7.81. The van der Waals surface area contributed by atoms with E-state index in [0.29, 0.717) is 6.54 Å². The van der Waals surface area contributed by atoms with Crippen LogP contribution in [0.4, 0.5) is 0 Å². The normalized spacial score (nSPS) is 26.1. The lowest BCUT2D eigenvalue weighted by Gasteiger charge is -2.25. The maximum atomic E-state index is 9.87. The van der Waals surface area contributed by atoms with Crippen LogP contribution in [0.25, 0.3) is 0 Å². The Balaban J connectivity index is 1.99. The molecule has 2 atom stereocenters. The van der Waals surface area contributed by atoms with Crippen molar-refractivity contribution >= 4 is 0 Å². The summed E-state index contributed by atoms with van der Waals surface area (Å²) in [5.74, 6) is 0. The van der Waals surface area contributed by atoms with Crippen LogP contribution < -0.4 is 5.73 Å². The van der Waals surface area contributed by atoms with Crippen molar-refractivity contribution in [3.8, 4) is 0 Å². The minimum atomic E-state index is -0.202. The van der Waals surface area contributed by atoms with E-state index in [9.17, 15) is 5.11 Å². The van der Waals surface area contributed by atoms with Crippen LogP contribution in [-0.2, 0) is 6.54 Å². The van der Waals surface area contributed by atoms with Crippen molar-refractivity contribution in [3.63, 3.8) is 0 Å². The number of aliphatic hydroxyl groups is 1. The Morgan fingerprint density at radius 1 is 1.31 bits per heavy atom. The smallest absolute Gasteiger partial charge is 0.0708 e. The van der Waals surface area contributed by atoms with Crippen molar-refractivity contribution in [1.82, 2.24) is 4.90 Å². The number of nitrogens with zero attached hydrogens (tertiary/aromatic N) is 1. The first-order valence-corrected chi connectivity index (χ1v) is 5.97. The molecule has 3 heteroatoms. The third-order valence-corrected chi connectivity index (χ3v) is 3.32. The molecule has 0 bridgehead atoms. The maximum absolute atomic E-state index is 9.87. The van der Waals surface area contributed by atoms with Gasteiger partial charge >= 0.3 is 0 Å². The highest BCUT2D eigenvalue weighted by atomic mass is 16.3. The van der Waals surface area contributed by atoms with E-state index in [4.69, 9.17) is 5.73 Å². The molecular weight excluding hydrogens is 200 g/mol. The monoisotopic (exact) mass is 220 g/mol. The first-order valence-electron chi connectivity index (χ1n) is 5.97. The van der Waals surface area contributed by atoms with Gasteiger partial charge in [0.25, 0.3) is 0 Å². The summed E-state index contributed by atoms with van der Waals surface area (Å²) in [7, 11) is 0. The number of nitrogens with two attached hydrogens (primary N) is 1. The third-order valence-electron chi connectivity index (χ3n) is 3.32. The Kier molecular flexibility index (Phi) is 3.93. The predicted octanol–water partition coefficient (Wildman–Crippen LogP) is 0.971. The minimum Gasteiger partial charge on any atom is -0.391 e. The molecule has 0 radical (unpaired) electrons. The summed E-state index contributed by atoms with van der Waals surface area (Å²) in [6.45, 7) is 2.54. The molecule has 1 saturated heterocycles. The Morgan fingerprint density at radius 2 is 2.06 bits per heavy atom. The molecule has 16 heavy (non-hydrogen) atoms. The van der Waals surface area contributed by atoms with Gasteiger partial charge in [-0.3, -0.25) is 4.90 Å². The average molecular weight is 220 g/mol. The standard InChI is InChI=1S/C13H20N2O/c14-8-6-12-13(16)7-9-15(12)10-11-4-2-1-3-5-11/h1-5,12-13,16H,6-10,14H2. The van der Waals surface area contributed by atoms with E-state index >= 15 is 0 Å². The van der Waals surface area contributed by atoms with Gasteiger partial charge in [0.2, 0.25) is 0 Å². The van der Waals surface area contributed by atoms with Gasteiger partial charge in [-0.15, -0.1) is 0 Å². The minimum absolute atomic E-state index is 0.202. The summed E-state index contributed by atoms with van der Waals surface area (Å²) in [6.07, 6.45) is 1.55. The van der Waals surface area contributed by atoms with Crippen LogP contribution in [0.1, 0.15) is 18.4 Å². The van der Waals surface area contributed by atoms with Gasteiger partial charge in [0.1, 0.15) is 0 Å². The summed E-state index contributed by atoms with van der Waals surface area (Å²) < 4.78 is 0. The Bertz CT molecular complexity index is 315. The number of rotatable bonds is 4. The molecule has 0 spiro atoms. The topological polar surface area (TPSA) is 49.5 Å². The highest BCUT2D eigenvalue weighted by Gasteiger charge is 2.31. The number of benzene rings is 1. The van der Waals surface area contributed by atoms with E-state index in [1.165, 1.54) is 5.56 Å². The second kappa shape index (κ2) is 5.43. The summed E-state index contributed by atoms with van der Waals surface area (Å²) in [5, 5.41) is 9.87. The predicted molar refractivity (Wildman–Crippen MR) is 64.9 cm³/mol. The second-order valence-electron chi connectivity index (χ2n) is 4.46. The quantitative estimate of drug-likeness (QED) is 0.795. The zero-order valence-corrected chi connectivity index (χ0v) is 9.55. The lowest BCUT2D eigenvalue weighted by atomic mass is 10.1. The maximum Gasteiger partial charge on any atom is 0.0708 e. The summed E-state index contributed by atoms with van der Waals surface area (Å²) in [4.78, 5) is 2.34. The summed E-state index contributed by atoms with van der Waals surface area (Å²) in [6, 6.07) is 10.6. The lowest BCUT2D eigenvalue weighted by Crippen LogP contribution is -2.36. The van der Waals surface area contributed by atoms with Crippen molar-refractivity contribution in [2.45, 2.75) is 31.5 Å². The summed E-state index contributed by atoms with van der Waals surface area (Å²) >= 11 is 0. The first kappa shape index (κ1) is 11.6. The molecular formula is C13H20N2O. The second-order valence-corrected chi connectivity index (χ2v) is 4.46. The van der Waals surface area contributed by atoms with E-state index < -0.39 is 0 Å². The van der Waals surface area contributed by atoms with Gasteiger partial charge in [0.05, 0.1) is 6.10 Å². The Labute approximate surface area is 96.9 Å². The number of hydrogen-bond donors (Lipinski definition) is 2. The van der Waals surface area contributed by atoms with Crippen LogP contribution in [-0.4, -0.2) is 35.2 Å². The molecule has 1 fully saturated rings. The molecule has 0 aromatic heterocycles. The van der Waals surface area contributed by atoms with Crippen LogP contribution in [0.5, 0.6) is 0 Å². The van der Waals surface area contributed by atoms with Crippen LogP contribution >= 0.6 is 0 Å². The molecule has 0 saturated carbocycles. The van der Waals surface area contributed by atoms with E-state index in [-0.39, 0.29) is 12.1 Å². The van der Waals surface area contributed by atoms with E-state index in [0.717, 1.165) is 25.9 Å². The lowest BCUT2D eigenvalue weighted by molar-refractivity contribution is 0.108. The molecule has 0 aliphatic carbocycles. The van der Waals surface area contributed by atoms with E-state index in [1.54, 1.807) is 0 Å². The van der Waals surface area contributed by atoms with Crippen molar-refractivity contribution in [3.05, 3.63) is 35.9 Å². The fourth-order valence-corrected chi connectivity index (χ4v) is 2.46. The number of aliphatic hydroxyl groups excluding tert-OH is 1.